The summed E-state index contributed by atoms with van der Waals surface area (Å²) >= 11 is 0. The van der Waals surface area contributed by atoms with Crippen LogP contribution in [0.5, 0.6) is 0 Å². The van der Waals surface area contributed by atoms with E-state index in [-0.39, 0.29) is 13.1 Å². The van der Waals surface area contributed by atoms with Crippen molar-refractivity contribution < 1.29 is 17.9 Å². The summed E-state index contributed by atoms with van der Waals surface area (Å²) in [4.78, 5) is 3.59. The van der Waals surface area contributed by atoms with E-state index in [1.807, 2.05) is 0 Å². The Balaban J connectivity index is 2.35. The number of aromatic nitrogens is 1. The molecule has 2 rings (SSSR count). The van der Waals surface area contributed by atoms with Crippen LogP contribution < -0.4 is 0 Å². The molecular formula is C11H15FN2O3S. The van der Waals surface area contributed by atoms with Gasteiger partial charge in [-0.1, -0.05) is 0 Å². The number of aliphatic hydroxyl groups is 1. The molecule has 1 atom stereocenters. The lowest BCUT2D eigenvalue weighted by Crippen LogP contribution is -2.48. The van der Waals surface area contributed by atoms with Gasteiger partial charge in [-0.15, -0.1) is 0 Å². The largest absolute Gasteiger partial charge is 0.389 e. The van der Waals surface area contributed by atoms with Crippen molar-refractivity contribution in [2.75, 3.05) is 13.1 Å². The molecule has 0 amide bonds. The minimum Gasteiger partial charge on any atom is -0.389 e. The highest BCUT2D eigenvalue weighted by molar-refractivity contribution is 7.89. The number of hydrogen-bond donors (Lipinski definition) is 1. The number of piperidine rings is 1. The third kappa shape index (κ3) is 2.52. The molecule has 2 heterocycles. The maximum absolute atomic E-state index is 13.5. The van der Waals surface area contributed by atoms with Crippen molar-refractivity contribution in [3.05, 3.63) is 24.1 Å². The van der Waals surface area contributed by atoms with Crippen LogP contribution in [0.25, 0.3) is 0 Å². The predicted octanol–water partition coefficient (Wildman–Crippen LogP) is 0.756. The van der Waals surface area contributed by atoms with Crippen LogP contribution in [0.2, 0.25) is 0 Å². The molecule has 5 nitrogen and oxygen atoms in total. The normalized spacial score (nSPS) is 26.2. The van der Waals surface area contributed by atoms with E-state index in [9.17, 15) is 17.9 Å². The summed E-state index contributed by atoms with van der Waals surface area (Å²) in [5.41, 5.74) is -1.07. The van der Waals surface area contributed by atoms with Crippen molar-refractivity contribution in [2.24, 2.45) is 0 Å². The topological polar surface area (TPSA) is 70.5 Å². The van der Waals surface area contributed by atoms with Gasteiger partial charge >= 0.3 is 0 Å². The highest BCUT2D eigenvalue weighted by Gasteiger charge is 2.37. The van der Waals surface area contributed by atoms with Gasteiger partial charge in [-0.3, -0.25) is 0 Å². The second-order valence-electron chi connectivity index (χ2n) is 4.73. The SMILES string of the molecule is CC1(O)CCCN(S(=O)(=O)c2ncccc2F)C1. The molecule has 0 saturated carbocycles. The van der Waals surface area contributed by atoms with Crippen LogP contribution in [0, 0.1) is 5.82 Å². The van der Waals surface area contributed by atoms with E-state index in [0.717, 1.165) is 10.4 Å². The molecule has 0 bridgehead atoms. The van der Waals surface area contributed by atoms with Crippen LogP contribution in [0.1, 0.15) is 19.8 Å². The molecule has 0 aromatic carbocycles. The standard InChI is InChI=1S/C11H15FN2O3S/c1-11(15)5-3-7-14(8-11)18(16,17)10-9(12)4-2-6-13-10/h2,4,6,15H,3,5,7-8H2,1H3. The zero-order chi connectivity index (χ0) is 13.4. The maximum atomic E-state index is 13.5. The van der Waals surface area contributed by atoms with Gasteiger partial charge in [0.15, 0.2) is 5.82 Å². The third-order valence-electron chi connectivity index (χ3n) is 2.95. The van der Waals surface area contributed by atoms with Crippen molar-refractivity contribution >= 4 is 10.0 Å². The first-order valence-electron chi connectivity index (χ1n) is 5.66. The van der Waals surface area contributed by atoms with Crippen LogP contribution in [0.3, 0.4) is 0 Å². The number of halogens is 1. The van der Waals surface area contributed by atoms with Gasteiger partial charge in [-0.25, -0.2) is 17.8 Å². The molecule has 1 aliphatic rings. The van der Waals surface area contributed by atoms with E-state index in [4.69, 9.17) is 0 Å². The molecule has 1 aliphatic heterocycles. The monoisotopic (exact) mass is 274 g/mol. The van der Waals surface area contributed by atoms with E-state index in [1.54, 1.807) is 6.92 Å². The maximum Gasteiger partial charge on any atom is 0.263 e. The minimum atomic E-state index is -3.98. The van der Waals surface area contributed by atoms with E-state index in [2.05, 4.69) is 4.98 Å². The average Bonchev–Trinajstić information content (AvgIpc) is 2.28. The summed E-state index contributed by atoms with van der Waals surface area (Å²) in [7, 11) is -3.98. The molecule has 100 valence electrons. The molecule has 1 fully saturated rings. The molecule has 1 aromatic rings. The molecule has 7 heteroatoms. The summed E-state index contributed by atoms with van der Waals surface area (Å²) in [6.45, 7) is 1.81. The first kappa shape index (κ1) is 13.4. The van der Waals surface area contributed by atoms with Gasteiger partial charge < -0.3 is 5.11 Å². The molecule has 1 unspecified atom stereocenters. The Bertz CT molecular complexity index is 545. The predicted molar refractivity (Wildman–Crippen MR) is 62.8 cm³/mol. The zero-order valence-electron chi connectivity index (χ0n) is 10.0. The van der Waals surface area contributed by atoms with Crippen LogP contribution in [-0.2, 0) is 10.0 Å². The fourth-order valence-corrected chi connectivity index (χ4v) is 3.63. The number of rotatable bonds is 2. The van der Waals surface area contributed by atoms with E-state index >= 15 is 0 Å². The second kappa shape index (κ2) is 4.56. The molecule has 18 heavy (non-hydrogen) atoms. The average molecular weight is 274 g/mol. The van der Waals surface area contributed by atoms with E-state index in [1.165, 1.54) is 12.3 Å². The van der Waals surface area contributed by atoms with Crippen LogP contribution in [0.4, 0.5) is 4.39 Å². The number of nitrogens with zero attached hydrogens (tertiary/aromatic N) is 2. The van der Waals surface area contributed by atoms with E-state index in [0.29, 0.717) is 12.8 Å². The number of pyridine rings is 1. The Labute approximate surface area is 105 Å². The Morgan fingerprint density at radius 3 is 2.89 bits per heavy atom. The smallest absolute Gasteiger partial charge is 0.263 e. The van der Waals surface area contributed by atoms with Gasteiger partial charge in [0, 0.05) is 19.3 Å². The lowest BCUT2D eigenvalue weighted by molar-refractivity contribution is 0.00927. The molecular weight excluding hydrogens is 259 g/mol. The minimum absolute atomic E-state index is 0.0364. The van der Waals surface area contributed by atoms with Gasteiger partial charge in [0.05, 0.1) is 5.60 Å². The molecule has 0 aliphatic carbocycles. The molecule has 1 aromatic heterocycles. The highest BCUT2D eigenvalue weighted by Crippen LogP contribution is 2.26. The molecule has 0 radical (unpaired) electrons. The first-order valence-corrected chi connectivity index (χ1v) is 7.10. The lowest BCUT2D eigenvalue weighted by atomic mass is 9.97. The van der Waals surface area contributed by atoms with Gasteiger partial charge in [0.1, 0.15) is 0 Å². The zero-order valence-corrected chi connectivity index (χ0v) is 10.8. The van der Waals surface area contributed by atoms with Crippen molar-refractivity contribution in [3.8, 4) is 0 Å². The fraction of sp³-hybridized carbons (Fsp3) is 0.545. The van der Waals surface area contributed by atoms with Crippen LogP contribution in [0.15, 0.2) is 23.4 Å². The fourth-order valence-electron chi connectivity index (χ4n) is 2.06. The Morgan fingerprint density at radius 2 is 2.28 bits per heavy atom. The molecule has 1 N–H and O–H groups in total. The molecule has 1 saturated heterocycles. The van der Waals surface area contributed by atoms with Crippen molar-refractivity contribution in [1.29, 1.82) is 0 Å². The van der Waals surface area contributed by atoms with Crippen molar-refractivity contribution in [3.63, 3.8) is 0 Å². The second-order valence-corrected chi connectivity index (χ2v) is 6.58. The van der Waals surface area contributed by atoms with Crippen molar-refractivity contribution in [1.82, 2.24) is 9.29 Å². The summed E-state index contributed by atoms with van der Waals surface area (Å²) in [5.74, 6) is -0.872. The number of sulfonamides is 1. The van der Waals surface area contributed by atoms with Gasteiger partial charge in [0.25, 0.3) is 10.0 Å². The van der Waals surface area contributed by atoms with Gasteiger partial charge in [-0.2, -0.15) is 4.31 Å². The Morgan fingerprint density at radius 1 is 1.56 bits per heavy atom. The quantitative estimate of drug-likeness (QED) is 0.864. The lowest BCUT2D eigenvalue weighted by Gasteiger charge is -2.35. The third-order valence-corrected chi connectivity index (χ3v) is 4.73. The highest BCUT2D eigenvalue weighted by atomic mass is 32.2. The van der Waals surface area contributed by atoms with Gasteiger partial charge in [0.2, 0.25) is 5.03 Å². The number of β-amino-alcohol motifs (C(OH)–C–C–N with tert-alkyl or cyclic N) is 1. The molecule has 0 spiro atoms. The first-order chi connectivity index (χ1) is 8.33. The Kier molecular flexibility index (Phi) is 3.39. The van der Waals surface area contributed by atoms with E-state index < -0.39 is 26.5 Å². The van der Waals surface area contributed by atoms with Crippen molar-refractivity contribution in [2.45, 2.75) is 30.4 Å². The summed E-state index contributed by atoms with van der Waals surface area (Å²) in [6.07, 6.45) is 2.31. The number of hydrogen-bond acceptors (Lipinski definition) is 4. The summed E-state index contributed by atoms with van der Waals surface area (Å²) < 4.78 is 39.0. The summed E-state index contributed by atoms with van der Waals surface area (Å²) in [5, 5.41) is 9.32. The Hall–Kier alpha value is -1.05. The van der Waals surface area contributed by atoms with Gasteiger partial charge in [-0.05, 0) is 31.9 Å². The van der Waals surface area contributed by atoms with Crippen LogP contribution in [-0.4, -0.2) is 41.5 Å². The summed E-state index contributed by atoms with van der Waals surface area (Å²) in [6, 6.07) is 2.39. The van der Waals surface area contributed by atoms with Crippen LogP contribution >= 0.6 is 0 Å².